The van der Waals surface area contributed by atoms with Gasteiger partial charge in [-0.05, 0) is 39.9 Å². The maximum Gasteiger partial charge on any atom is 0.111 e. The Bertz CT molecular complexity index is 327. The highest BCUT2D eigenvalue weighted by atomic mass is 32.1. The van der Waals surface area contributed by atoms with Crippen LogP contribution in [0.3, 0.4) is 0 Å². The molecule has 3 nitrogen and oxygen atoms in total. The van der Waals surface area contributed by atoms with Gasteiger partial charge >= 0.3 is 0 Å². The summed E-state index contributed by atoms with van der Waals surface area (Å²) >= 11 is 1.83. The maximum absolute atomic E-state index is 4.67. The van der Waals surface area contributed by atoms with Gasteiger partial charge in [-0.25, -0.2) is 4.98 Å². The van der Waals surface area contributed by atoms with Crippen LogP contribution in [0.1, 0.15) is 29.5 Å². The summed E-state index contributed by atoms with van der Waals surface area (Å²) in [6.07, 6.45) is 2.51. The fraction of sp³-hybridized carbons (Fsp3) is 0.727. The lowest BCUT2D eigenvalue weighted by Crippen LogP contribution is -2.29. The van der Waals surface area contributed by atoms with E-state index in [1.54, 1.807) is 0 Å². The average Bonchev–Trinajstić information content (AvgIpc) is 2.61. The quantitative estimate of drug-likeness (QED) is 0.837. The second-order valence-electron chi connectivity index (χ2n) is 4.29. The van der Waals surface area contributed by atoms with Crippen molar-refractivity contribution in [2.45, 2.75) is 25.7 Å². The summed E-state index contributed by atoms with van der Waals surface area (Å²) in [5, 5.41) is 5.76. The van der Waals surface area contributed by atoms with Crippen molar-refractivity contribution >= 4 is 16.3 Å². The van der Waals surface area contributed by atoms with Gasteiger partial charge in [0.1, 0.15) is 5.00 Å². The van der Waals surface area contributed by atoms with Crippen LogP contribution in [0.5, 0.6) is 0 Å². The number of piperidine rings is 1. The molecule has 0 spiro atoms. The lowest BCUT2D eigenvalue weighted by molar-refractivity contribution is 0.255. The van der Waals surface area contributed by atoms with Gasteiger partial charge in [-0.2, -0.15) is 0 Å². The molecule has 0 aliphatic carbocycles. The molecule has 0 atom stereocenters. The van der Waals surface area contributed by atoms with Crippen molar-refractivity contribution in [3.8, 4) is 0 Å². The second-order valence-corrected chi connectivity index (χ2v) is 5.32. The number of anilines is 1. The van der Waals surface area contributed by atoms with Gasteiger partial charge in [0, 0.05) is 13.0 Å². The highest BCUT2D eigenvalue weighted by Gasteiger charge is 2.21. The summed E-state index contributed by atoms with van der Waals surface area (Å²) in [5.41, 5.74) is 1.15. The van der Waals surface area contributed by atoms with Gasteiger partial charge in [0.25, 0.3) is 0 Å². The van der Waals surface area contributed by atoms with E-state index in [0.717, 1.165) is 5.69 Å². The molecule has 1 aromatic heterocycles. The Labute approximate surface area is 95.5 Å². The number of hydrogen-bond acceptors (Lipinski definition) is 4. The Morgan fingerprint density at radius 3 is 2.60 bits per heavy atom. The molecule has 0 radical (unpaired) electrons. The van der Waals surface area contributed by atoms with Crippen molar-refractivity contribution in [2.75, 3.05) is 32.5 Å². The highest BCUT2D eigenvalue weighted by Crippen LogP contribution is 2.34. The third-order valence-corrected chi connectivity index (χ3v) is 4.45. The first-order valence-electron chi connectivity index (χ1n) is 5.54. The molecule has 15 heavy (non-hydrogen) atoms. The van der Waals surface area contributed by atoms with Crippen LogP contribution >= 0.6 is 11.3 Å². The van der Waals surface area contributed by atoms with Crippen molar-refractivity contribution in [1.82, 2.24) is 9.88 Å². The summed E-state index contributed by atoms with van der Waals surface area (Å²) in [5.74, 6) is 0.687. The van der Waals surface area contributed by atoms with Gasteiger partial charge < -0.3 is 10.2 Å². The Morgan fingerprint density at radius 1 is 1.40 bits per heavy atom. The molecular weight excluding hydrogens is 206 g/mol. The monoisotopic (exact) mass is 225 g/mol. The van der Waals surface area contributed by atoms with E-state index in [2.05, 4.69) is 29.2 Å². The van der Waals surface area contributed by atoms with E-state index in [1.165, 1.54) is 35.9 Å². The molecule has 1 aliphatic heterocycles. The smallest absolute Gasteiger partial charge is 0.111 e. The fourth-order valence-corrected chi connectivity index (χ4v) is 3.17. The first-order valence-corrected chi connectivity index (χ1v) is 6.36. The first kappa shape index (κ1) is 10.9. The lowest BCUT2D eigenvalue weighted by Gasteiger charge is -2.27. The van der Waals surface area contributed by atoms with Crippen molar-refractivity contribution < 1.29 is 0 Å². The minimum atomic E-state index is 0.687. The number of nitrogens with zero attached hydrogens (tertiary/aromatic N) is 2. The molecule has 0 bridgehead atoms. The van der Waals surface area contributed by atoms with Crippen LogP contribution < -0.4 is 5.32 Å². The molecule has 0 unspecified atom stereocenters. The van der Waals surface area contributed by atoms with Crippen LogP contribution in [0, 0.1) is 6.92 Å². The van der Waals surface area contributed by atoms with E-state index < -0.39 is 0 Å². The molecule has 1 saturated heterocycles. The maximum atomic E-state index is 4.67. The minimum Gasteiger partial charge on any atom is -0.378 e. The third-order valence-electron chi connectivity index (χ3n) is 3.11. The Hall–Kier alpha value is -0.610. The lowest BCUT2D eigenvalue weighted by atomic mass is 9.98. The van der Waals surface area contributed by atoms with Crippen LogP contribution in [-0.2, 0) is 0 Å². The zero-order valence-electron chi connectivity index (χ0n) is 9.71. The van der Waals surface area contributed by atoms with Gasteiger partial charge in [-0.3, -0.25) is 0 Å². The van der Waals surface area contributed by atoms with Crippen molar-refractivity contribution in [3.63, 3.8) is 0 Å². The first-order chi connectivity index (χ1) is 7.20. The minimum absolute atomic E-state index is 0.687. The Morgan fingerprint density at radius 2 is 2.07 bits per heavy atom. The number of rotatable bonds is 2. The predicted octanol–water partition coefficient (Wildman–Crippen LogP) is 2.30. The van der Waals surface area contributed by atoms with Crippen LogP contribution in [0.25, 0.3) is 0 Å². The molecule has 1 aliphatic rings. The molecule has 0 aromatic carbocycles. The molecule has 1 N–H and O–H groups in total. The van der Waals surface area contributed by atoms with E-state index in [4.69, 9.17) is 0 Å². The molecule has 0 saturated carbocycles. The third kappa shape index (κ3) is 2.32. The van der Waals surface area contributed by atoms with Crippen LogP contribution in [-0.4, -0.2) is 37.1 Å². The molecule has 4 heteroatoms. The molecule has 2 rings (SSSR count). The largest absolute Gasteiger partial charge is 0.378 e. The summed E-state index contributed by atoms with van der Waals surface area (Å²) in [6.45, 7) is 4.50. The van der Waals surface area contributed by atoms with Crippen LogP contribution in [0.4, 0.5) is 5.00 Å². The normalized spacial score (nSPS) is 19.4. The highest BCUT2D eigenvalue weighted by molar-refractivity contribution is 7.16. The van der Waals surface area contributed by atoms with E-state index in [0.29, 0.717) is 5.92 Å². The molecule has 0 amide bonds. The predicted molar refractivity (Wildman–Crippen MR) is 65.9 cm³/mol. The number of nitrogens with one attached hydrogen (secondary N) is 1. The van der Waals surface area contributed by atoms with Crippen molar-refractivity contribution in [3.05, 3.63) is 10.7 Å². The number of aryl methyl sites for hydroxylation is 1. The standard InChI is InChI=1S/C11H19N3S/c1-8-10(12-2)15-11(13-8)9-4-6-14(3)7-5-9/h9,12H,4-7H2,1-3H3. The van der Waals surface area contributed by atoms with E-state index in [9.17, 15) is 0 Å². The molecule has 2 heterocycles. The summed E-state index contributed by atoms with van der Waals surface area (Å²) in [6, 6.07) is 0. The van der Waals surface area contributed by atoms with E-state index in [-0.39, 0.29) is 0 Å². The van der Waals surface area contributed by atoms with Gasteiger partial charge in [0.05, 0.1) is 10.7 Å². The SMILES string of the molecule is CNc1sc(C2CCN(C)CC2)nc1C. The van der Waals surface area contributed by atoms with Crippen molar-refractivity contribution in [1.29, 1.82) is 0 Å². The van der Waals surface area contributed by atoms with E-state index >= 15 is 0 Å². The number of likely N-dealkylation sites (tertiary alicyclic amines) is 1. The summed E-state index contributed by atoms with van der Waals surface area (Å²) in [7, 11) is 4.17. The van der Waals surface area contributed by atoms with Gasteiger partial charge in [0.2, 0.25) is 0 Å². The summed E-state index contributed by atoms with van der Waals surface area (Å²) < 4.78 is 0. The topological polar surface area (TPSA) is 28.2 Å². The van der Waals surface area contributed by atoms with Gasteiger partial charge in [-0.15, -0.1) is 11.3 Å². The van der Waals surface area contributed by atoms with Crippen LogP contribution in [0.2, 0.25) is 0 Å². The number of aromatic nitrogens is 1. The second kappa shape index (κ2) is 4.49. The number of thiazole rings is 1. The van der Waals surface area contributed by atoms with Gasteiger partial charge in [-0.1, -0.05) is 0 Å². The zero-order valence-corrected chi connectivity index (χ0v) is 10.5. The molecular formula is C11H19N3S. The molecule has 1 fully saturated rings. The fourth-order valence-electron chi connectivity index (χ4n) is 2.08. The molecule has 1 aromatic rings. The van der Waals surface area contributed by atoms with Crippen molar-refractivity contribution in [2.24, 2.45) is 0 Å². The average molecular weight is 225 g/mol. The Kier molecular flexibility index (Phi) is 3.26. The Balaban J connectivity index is 2.09. The van der Waals surface area contributed by atoms with Gasteiger partial charge in [0.15, 0.2) is 0 Å². The van der Waals surface area contributed by atoms with E-state index in [1.807, 2.05) is 18.4 Å². The summed E-state index contributed by atoms with van der Waals surface area (Å²) in [4.78, 5) is 7.07. The van der Waals surface area contributed by atoms with Crippen LogP contribution in [0.15, 0.2) is 0 Å². The molecule has 84 valence electrons. The zero-order chi connectivity index (χ0) is 10.8. The number of hydrogen-bond donors (Lipinski definition) is 1.